The van der Waals surface area contributed by atoms with E-state index in [1.54, 1.807) is 0 Å². The van der Waals surface area contributed by atoms with Crippen molar-refractivity contribution in [2.24, 2.45) is 0 Å². The van der Waals surface area contributed by atoms with Gasteiger partial charge < -0.3 is 9.38 Å². The van der Waals surface area contributed by atoms with Crippen molar-refractivity contribution >= 4 is 82.5 Å². The second-order valence-electron chi connectivity index (χ2n) is 25.1. The zero-order chi connectivity index (χ0) is 45.0. The standard InChI is InChI=1S/C60H65BN2S/c1-55(2,3)34-19-22-36(23-20-34)63-47-33-43-41(58(9,10)26-28-60(43,13)14)31-39(47)51-52-53-49(50-37-17-15-16-18-48(37)64-54(50)51)38-30-40-42(59(11,12)27-25-57(40,7)8)32-46(38)62(53)45-24-21-35(56(4,5)6)29-44(45)61(52)63/h15-24,29-33H,25-28H2,1-14H3. The Morgan fingerprint density at radius 3 is 1.73 bits per heavy atom. The van der Waals surface area contributed by atoms with Crippen LogP contribution in [0.4, 0.5) is 11.4 Å². The molecule has 324 valence electrons. The van der Waals surface area contributed by atoms with Gasteiger partial charge in [0.2, 0.25) is 0 Å². The summed E-state index contributed by atoms with van der Waals surface area (Å²) in [5.41, 5.74) is 21.6. The normalized spacial score (nSPS) is 19.0. The molecule has 0 saturated carbocycles. The molecule has 4 heteroatoms. The van der Waals surface area contributed by atoms with Crippen LogP contribution in [-0.2, 0) is 32.5 Å². The summed E-state index contributed by atoms with van der Waals surface area (Å²) in [6, 6.07) is 37.2. The maximum absolute atomic E-state index is 2.80. The van der Waals surface area contributed by atoms with Crippen molar-refractivity contribution in [3.63, 3.8) is 0 Å². The molecule has 0 bridgehead atoms. The first-order chi connectivity index (χ1) is 30.0. The van der Waals surface area contributed by atoms with E-state index in [1.807, 2.05) is 11.3 Å². The van der Waals surface area contributed by atoms with Gasteiger partial charge >= 0.3 is 6.85 Å². The van der Waals surface area contributed by atoms with Crippen LogP contribution in [0.15, 0.2) is 91.0 Å². The summed E-state index contributed by atoms with van der Waals surface area (Å²) in [7, 11) is 0. The number of hydrogen-bond donors (Lipinski definition) is 0. The van der Waals surface area contributed by atoms with Gasteiger partial charge in [0.1, 0.15) is 0 Å². The highest BCUT2D eigenvalue weighted by atomic mass is 32.1. The van der Waals surface area contributed by atoms with Crippen LogP contribution in [0.3, 0.4) is 0 Å². The minimum absolute atomic E-state index is 0.0171. The van der Waals surface area contributed by atoms with E-state index in [1.165, 1.54) is 140 Å². The monoisotopic (exact) mass is 856 g/mol. The van der Waals surface area contributed by atoms with Gasteiger partial charge in [-0.25, -0.2) is 0 Å². The van der Waals surface area contributed by atoms with Gasteiger partial charge in [0, 0.05) is 59.1 Å². The quantitative estimate of drug-likeness (QED) is 0.149. The molecule has 4 aliphatic rings. The van der Waals surface area contributed by atoms with Crippen LogP contribution in [0.5, 0.6) is 0 Å². The molecule has 64 heavy (non-hydrogen) atoms. The Morgan fingerprint density at radius 2 is 1.11 bits per heavy atom. The molecule has 0 amide bonds. The summed E-state index contributed by atoms with van der Waals surface area (Å²) in [6.07, 6.45) is 4.76. The molecule has 0 atom stereocenters. The maximum atomic E-state index is 2.80. The molecular weight excluding hydrogens is 792 g/mol. The first-order valence-electron chi connectivity index (χ1n) is 24.2. The molecule has 0 saturated heterocycles. The van der Waals surface area contributed by atoms with Gasteiger partial charge in [0.15, 0.2) is 0 Å². The number of hydrogen-bond acceptors (Lipinski definition) is 2. The van der Waals surface area contributed by atoms with E-state index < -0.39 is 0 Å². The Hall–Kier alpha value is -4.80. The minimum atomic E-state index is -0.0329. The summed E-state index contributed by atoms with van der Waals surface area (Å²) in [5, 5.41) is 5.66. The Bertz CT molecular complexity index is 3350. The Labute approximate surface area is 386 Å². The molecular formula is C60H65BN2S. The summed E-state index contributed by atoms with van der Waals surface area (Å²) < 4.78 is 5.57. The molecule has 0 radical (unpaired) electrons. The third kappa shape index (κ3) is 5.38. The third-order valence-corrected chi connectivity index (χ3v) is 18.2. The summed E-state index contributed by atoms with van der Waals surface area (Å²) >= 11 is 2.03. The second-order valence-corrected chi connectivity index (χ2v) is 26.2. The number of nitrogens with zero attached hydrogens (tertiary/aromatic N) is 2. The van der Waals surface area contributed by atoms with E-state index in [9.17, 15) is 0 Å². The number of anilines is 2. The van der Waals surface area contributed by atoms with Gasteiger partial charge in [-0.1, -0.05) is 139 Å². The number of rotatable bonds is 1. The van der Waals surface area contributed by atoms with Crippen LogP contribution in [0.25, 0.3) is 58.8 Å². The molecule has 8 aromatic rings. The largest absolute Gasteiger partial charge is 0.376 e. The van der Waals surface area contributed by atoms with Gasteiger partial charge in [-0.15, -0.1) is 11.3 Å². The fourth-order valence-electron chi connectivity index (χ4n) is 12.8. The van der Waals surface area contributed by atoms with Gasteiger partial charge in [0.05, 0.1) is 11.0 Å². The van der Waals surface area contributed by atoms with E-state index in [-0.39, 0.29) is 39.3 Å². The second kappa shape index (κ2) is 12.5. The molecule has 12 rings (SSSR count). The van der Waals surface area contributed by atoms with Crippen molar-refractivity contribution in [1.29, 1.82) is 0 Å². The topological polar surface area (TPSA) is 8.17 Å². The predicted octanol–water partition coefficient (Wildman–Crippen LogP) is 15.7. The van der Waals surface area contributed by atoms with Crippen LogP contribution in [0.1, 0.15) is 156 Å². The van der Waals surface area contributed by atoms with Crippen molar-refractivity contribution in [3.8, 4) is 16.8 Å². The molecule has 0 N–H and O–H groups in total. The lowest BCUT2D eigenvalue weighted by atomic mass is 9.43. The van der Waals surface area contributed by atoms with Gasteiger partial charge in [0.25, 0.3) is 0 Å². The molecule has 0 fully saturated rings. The third-order valence-electron chi connectivity index (χ3n) is 17.0. The smallest absolute Gasteiger partial charge is 0.333 e. The lowest BCUT2D eigenvalue weighted by Gasteiger charge is -2.46. The first kappa shape index (κ1) is 40.7. The summed E-state index contributed by atoms with van der Waals surface area (Å²) in [5.74, 6) is 0. The van der Waals surface area contributed by atoms with Gasteiger partial charge in [-0.3, -0.25) is 0 Å². The minimum Gasteiger partial charge on any atom is -0.376 e. The van der Waals surface area contributed by atoms with Crippen molar-refractivity contribution in [2.75, 3.05) is 4.81 Å². The van der Waals surface area contributed by atoms with Crippen molar-refractivity contribution in [1.82, 2.24) is 4.57 Å². The zero-order valence-electron chi connectivity index (χ0n) is 40.9. The van der Waals surface area contributed by atoms with Crippen LogP contribution in [0.2, 0.25) is 0 Å². The van der Waals surface area contributed by atoms with E-state index >= 15 is 0 Å². The molecule has 6 aromatic carbocycles. The summed E-state index contributed by atoms with van der Waals surface area (Å²) in [4.78, 5) is 2.80. The molecule has 0 spiro atoms. The van der Waals surface area contributed by atoms with Crippen LogP contribution < -0.4 is 15.7 Å². The Balaban J connectivity index is 1.34. The zero-order valence-corrected chi connectivity index (χ0v) is 41.7. The average Bonchev–Trinajstić information content (AvgIpc) is 3.78. The first-order valence-corrected chi connectivity index (χ1v) is 25.0. The number of aromatic nitrogens is 1. The van der Waals surface area contributed by atoms with Gasteiger partial charge in [-0.05, 0) is 151 Å². The highest BCUT2D eigenvalue weighted by Crippen LogP contribution is 2.57. The molecule has 2 aromatic heterocycles. The number of thiophene rings is 1. The highest BCUT2D eigenvalue weighted by molar-refractivity contribution is 7.27. The highest BCUT2D eigenvalue weighted by Gasteiger charge is 2.48. The molecule has 4 heterocycles. The lowest BCUT2D eigenvalue weighted by Crippen LogP contribution is -2.61. The molecule has 2 nitrogen and oxygen atoms in total. The van der Waals surface area contributed by atoms with E-state index in [4.69, 9.17) is 0 Å². The Kier molecular flexibility index (Phi) is 7.98. The fourth-order valence-corrected chi connectivity index (χ4v) is 14.1. The average molecular weight is 857 g/mol. The Morgan fingerprint density at radius 1 is 0.547 bits per heavy atom. The lowest BCUT2D eigenvalue weighted by molar-refractivity contribution is 0.332. The molecule has 0 unspecified atom stereocenters. The fraction of sp³-hybridized carbons (Fsp3) is 0.400. The number of benzene rings is 6. The van der Waals surface area contributed by atoms with Crippen molar-refractivity contribution in [2.45, 2.75) is 155 Å². The molecule has 2 aliphatic carbocycles. The van der Waals surface area contributed by atoms with E-state index in [0.29, 0.717) is 0 Å². The van der Waals surface area contributed by atoms with Crippen molar-refractivity contribution < 1.29 is 0 Å². The van der Waals surface area contributed by atoms with Crippen LogP contribution in [-0.4, -0.2) is 11.4 Å². The van der Waals surface area contributed by atoms with Gasteiger partial charge in [-0.2, -0.15) is 0 Å². The van der Waals surface area contributed by atoms with Crippen molar-refractivity contribution in [3.05, 3.63) is 124 Å². The number of fused-ring (bicyclic) bond motifs is 15. The maximum Gasteiger partial charge on any atom is 0.333 e. The van der Waals surface area contributed by atoms with E-state index in [2.05, 4.69) is 197 Å². The molecule has 2 aliphatic heterocycles. The summed E-state index contributed by atoms with van der Waals surface area (Å²) in [6.45, 7) is 34.1. The van der Waals surface area contributed by atoms with Crippen LogP contribution >= 0.6 is 11.3 Å². The SMILES string of the molecule is CC(C)(C)c1ccc(N2B3c4cc(C(C)(C)C)ccc4-n4c5cc6c(cc5c5c7c(sc8ccccc87)c(c3c54)-c3cc4c(cc32)C(C)(C)CCC4(C)C)C(C)(C)CCC6(C)C)cc1. The predicted molar refractivity (Wildman–Crippen MR) is 281 cm³/mol. The van der Waals surface area contributed by atoms with E-state index in [0.717, 1.165) is 0 Å². The van der Waals surface area contributed by atoms with Crippen LogP contribution in [0, 0.1) is 0 Å².